The minimum Gasteiger partial charge on any atom is -0.299 e. The van der Waals surface area contributed by atoms with E-state index in [1.54, 1.807) is 5.57 Å². The Balaban J connectivity index is 1.70. The van der Waals surface area contributed by atoms with E-state index < -0.39 is 0 Å². The van der Waals surface area contributed by atoms with Crippen molar-refractivity contribution in [3.8, 4) is 0 Å². The first-order valence-electron chi connectivity index (χ1n) is 9.60. The lowest BCUT2D eigenvalue weighted by atomic mass is 9.47. The third-order valence-electron chi connectivity index (χ3n) is 8.36. The number of hydrogen-bond donors (Lipinski definition) is 0. The summed E-state index contributed by atoms with van der Waals surface area (Å²) >= 11 is 0. The van der Waals surface area contributed by atoms with Gasteiger partial charge in [-0.25, -0.2) is 0 Å². The summed E-state index contributed by atoms with van der Waals surface area (Å²) in [6, 6.07) is 0. The fourth-order valence-electron chi connectivity index (χ4n) is 6.95. The zero-order valence-electron chi connectivity index (χ0n) is 14.8. The Hall–Kier alpha value is -0.590. The average molecular weight is 300 g/mol. The summed E-state index contributed by atoms with van der Waals surface area (Å²) in [6.07, 6.45) is 11.6. The molecule has 3 unspecified atom stereocenters. The Morgan fingerprint density at radius 1 is 1.05 bits per heavy atom. The zero-order valence-corrected chi connectivity index (χ0v) is 14.8. The molecule has 1 heteroatoms. The summed E-state index contributed by atoms with van der Waals surface area (Å²) in [7, 11) is 0. The average Bonchev–Trinajstić information content (AvgIpc) is 2.72. The van der Waals surface area contributed by atoms with Crippen molar-refractivity contribution in [2.24, 2.45) is 40.4 Å². The number of rotatable bonds is 0. The molecule has 0 aromatic rings. The van der Waals surface area contributed by atoms with E-state index in [9.17, 15) is 4.79 Å². The van der Waals surface area contributed by atoms with Crippen molar-refractivity contribution in [3.63, 3.8) is 0 Å². The lowest BCUT2D eigenvalue weighted by Gasteiger charge is -2.57. The molecule has 4 aliphatic rings. The number of hydrogen-bond acceptors (Lipinski definition) is 1. The SMILES string of the molecule is C[C@@H]1CC[C@@]2(C)C(=CCC3C2CC[C@]2(C)C(=O)[C@H](C)CC32)C1. The van der Waals surface area contributed by atoms with Gasteiger partial charge in [0, 0.05) is 11.3 Å². The van der Waals surface area contributed by atoms with Crippen molar-refractivity contribution in [1.29, 1.82) is 0 Å². The van der Waals surface area contributed by atoms with E-state index in [0.29, 0.717) is 23.0 Å². The van der Waals surface area contributed by atoms with E-state index in [4.69, 9.17) is 0 Å². The number of carbonyl (C=O) groups excluding carboxylic acids is 1. The van der Waals surface area contributed by atoms with Gasteiger partial charge in [0.2, 0.25) is 0 Å². The molecule has 7 atom stereocenters. The minimum atomic E-state index is 0.00421. The molecule has 0 bridgehead atoms. The van der Waals surface area contributed by atoms with Crippen LogP contribution in [0.15, 0.2) is 11.6 Å². The fraction of sp³-hybridized carbons (Fsp3) is 0.857. The highest BCUT2D eigenvalue weighted by molar-refractivity contribution is 5.89. The molecule has 0 aromatic carbocycles. The van der Waals surface area contributed by atoms with E-state index in [0.717, 1.165) is 30.6 Å². The lowest BCUT2D eigenvalue weighted by Crippen LogP contribution is -2.50. The van der Waals surface area contributed by atoms with Crippen LogP contribution in [0.4, 0.5) is 0 Å². The van der Waals surface area contributed by atoms with E-state index in [-0.39, 0.29) is 5.41 Å². The van der Waals surface area contributed by atoms with E-state index in [2.05, 4.69) is 33.8 Å². The van der Waals surface area contributed by atoms with Gasteiger partial charge in [0.1, 0.15) is 5.78 Å². The summed E-state index contributed by atoms with van der Waals surface area (Å²) in [4.78, 5) is 12.7. The van der Waals surface area contributed by atoms with Gasteiger partial charge in [-0.3, -0.25) is 4.79 Å². The van der Waals surface area contributed by atoms with Crippen LogP contribution < -0.4 is 0 Å². The standard InChI is InChI=1S/C21H32O/c1-13-7-9-20(3)15(11-13)5-6-16-17(20)8-10-21(4)18(16)12-14(2)19(21)22/h5,13-14,16-18H,6-12H2,1-4H3/t13-,14-,16?,17?,18?,20+,21+/m1/s1. The Bertz CT molecular complexity index is 532. The zero-order chi connectivity index (χ0) is 15.7. The molecule has 0 N–H and O–H groups in total. The van der Waals surface area contributed by atoms with Crippen LogP contribution in [0.25, 0.3) is 0 Å². The summed E-state index contributed by atoms with van der Waals surface area (Å²) in [5.74, 6) is 4.03. The summed E-state index contributed by atoms with van der Waals surface area (Å²) in [6.45, 7) is 9.45. The van der Waals surface area contributed by atoms with Crippen LogP contribution >= 0.6 is 0 Å². The lowest BCUT2D eigenvalue weighted by molar-refractivity contribution is -0.133. The van der Waals surface area contributed by atoms with Crippen LogP contribution in [0, 0.1) is 40.4 Å². The van der Waals surface area contributed by atoms with Crippen molar-refractivity contribution in [2.45, 2.75) is 72.6 Å². The molecule has 3 fully saturated rings. The molecule has 22 heavy (non-hydrogen) atoms. The molecule has 122 valence electrons. The van der Waals surface area contributed by atoms with Gasteiger partial charge in [0.25, 0.3) is 0 Å². The van der Waals surface area contributed by atoms with Crippen molar-refractivity contribution in [1.82, 2.24) is 0 Å². The van der Waals surface area contributed by atoms with Gasteiger partial charge < -0.3 is 0 Å². The van der Waals surface area contributed by atoms with Crippen molar-refractivity contribution >= 4 is 5.78 Å². The van der Waals surface area contributed by atoms with Gasteiger partial charge in [-0.15, -0.1) is 0 Å². The molecular formula is C21H32O. The smallest absolute Gasteiger partial charge is 0.141 e. The first-order valence-corrected chi connectivity index (χ1v) is 9.60. The van der Waals surface area contributed by atoms with Crippen LogP contribution in [0.3, 0.4) is 0 Å². The van der Waals surface area contributed by atoms with Crippen LogP contribution in [0.2, 0.25) is 0 Å². The molecule has 3 saturated carbocycles. The highest BCUT2D eigenvalue weighted by atomic mass is 16.1. The second-order valence-corrected chi connectivity index (χ2v) is 9.56. The topological polar surface area (TPSA) is 17.1 Å². The summed E-state index contributed by atoms with van der Waals surface area (Å²) < 4.78 is 0. The largest absolute Gasteiger partial charge is 0.299 e. The third kappa shape index (κ3) is 1.80. The molecule has 0 aromatic heterocycles. The predicted octanol–water partition coefficient (Wildman–Crippen LogP) is 5.40. The Kier molecular flexibility index (Phi) is 3.20. The van der Waals surface area contributed by atoms with Crippen LogP contribution in [0.1, 0.15) is 72.6 Å². The normalized spacial score (nSPS) is 54.3. The Morgan fingerprint density at radius 2 is 1.77 bits per heavy atom. The number of fused-ring (bicyclic) bond motifs is 5. The Morgan fingerprint density at radius 3 is 2.55 bits per heavy atom. The quantitative estimate of drug-likeness (QED) is 0.547. The summed E-state index contributed by atoms with van der Waals surface area (Å²) in [5.41, 5.74) is 2.23. The molecule has 0 aliphatic heterocycles. The minimum absolute atomic E-state index is 0.00421. The molecular weight excluding hydrogens is 268 g/mol. The highest BCUT2D eigenvalue weighted by Crippen LogP contribution is 2.64. The van der Waals surface area contributed by atoms with E-state index >= 15 is 0 Å². The van der Waals surface area contributed by atoms with Crippen LogP contribution in [0.5, 0.6) is 0 Å². The molecule has 0 amide bonds. The predicted molar refractivity (Wildman–Crippen MR) is 90.4 cm³/mol. The van der Waals surface area contributed by atoms with Gasteiger partial charge in [-0.2, -0.15) is 0 Å². The number of Topliss-reactive ketones (excluding diaryl/α,β-unsaturated/α-hetero) is 1. The van der Waals surface area contributed by atoms with Gasteiger partial charge in [-0.1, -0.05) is 39.3 Å². The third-order valence-corrected chi connectivity index (χ3v) is 8.36. The van der Waals surface area contributed by atoms with E-state index in [1.807, 2.05) is 0 Å². The van der Waals surface area contributed by atoms with Gasteiger partial charge in [0.05, 0.1) is 0 Å². The van der Waals surface area contributed by atoms with Gasteiger partial charge >= 0.3 is 0 Å². The fourth-order valence-corrected chi connectivity index (χ4v) is 6.95. The first kappa shape index (κ1) is 15.0. The Labute approximate surface area is 135 Å². The second-order valence-electron chi connectivity index (χ2n) is 9.56. The van der Waals surface area contributed by atoms with Crippen LogP contribution in [-0.2, 0) is 4.79 Å². The maximum atomic E-state index is 12.7. The summed E-state index contributed by atoms with van der Waals surface area (Å²) in [5, 5.41) is 0. The number of carbonyl (C=O) groups is 1. The van der Waals surface area contributed by atoms with Gasteiger partial charge in [0.15, 0.2) is 0 Å². The van der Waals surface area contributed by atoms with E-state index in [1.165, 1.54) is 32.1 Å². The van der Waals surface area contributed by atoms with Crippen LogP contribution in [-0.4, -0.2) is 5.78 Å². The maximum absolute atomic E-state index is 12.7. The highest BCUT2D eigenvalue weighted by Gasteiger charge is 2.60. The molecule has 0 radical (unpaired) electrons. The second kappa shape index (κ2) is 4.71. The van der Waals surface area contributed by atoms with Gasteiger partial charge in [-0.05, 0) is 74.0 Å². The molecule has 0 saturated heterocycles. The molecule has 4 aliphatic carbocycles. The molecule has 1 nitrogen and oxygen atoms in total. The number of allylic oxidation sites excluding steroid dienone is 2. The van der Waals surface area contributed by atoms with Crippen molar-refractivity contribution < 1.29 is 4.79 Å². The van der Waals surface area contributed by atoms with Crippen molar-refractivity contribution in [3.05, 3.63) is 11.6 Å². The molecule has 4 rings (SSSR count). The van der Waals surface area contributed by atoms with Crippen molar-refractivity contribution in [2.75, 3.05) is 0 Å². The molecule has 0 heterocycles. The first-order chi connectivity index (χ1) is 10.4. The molecule has 0 spiro atoms. The number of ketones is 1. The maximum Gasteiger partial charge on any atom is 0.141 e. The monoisotopic (exact) mass is 300 g/mol.